The molecule has 1 heterocycles. The number of nitrogens with zero attached hydrogens (tertiary/aromatic N) is 1. The lowest BCUT2D eigenvalue weighted by atomic mass is 9.90. The minimum Gasteiger partial charge on any atom is -0.388 e. The number of aryl methyl sites for hydroxylation is 1. The van der Waals surface area contributed by atoms with Crippen LogP contribution in [0.5, 0.6) is 0 Å². The van der Waals surface area contributed by atoms with Crippen molar-refractivity contribution in [3.8, 4) is 0 Å². The predicted molar refractivity (Wildman–Crippen MR) is 75.9 cm³/mol. The van der Waals surface area contributed by atoms with E-state index in [1.807, 2.05) is 6.92 Å². The number of aliphatic hydroxyl groups is 1. The number of hydrogen-bond acceptors (Lipinski definition) is 2. The molecule has 3 nitrogen and oxygen atoms in total. The van der Waals surface area contributed by atoms with Crippen molar-refractivity contribution in [1.29, 1.82) is 0 Å². The van der Waals surface area contributed by atoms with Gasteiger partial charge in [-0.15, -0.1) is 0 Å². The van der Waals surface area contributed by atoms with Crippen molar-refractivity contribution in [3.05, 3.63) is 35.1 Å². The van der Waals surface area contributed by atoms with Gasteiger partial charge in [-0.05, 0) is 43.4 Å². The number of benzene rings is 1. The molecular formula is C16H22FNO2. The van der Waals surface area contributed by atoms with Crippen molar-refractivity contribution in [1.82, 2.24) is 4.90 Å². The van der Waals surface area contributed by atoms with Crippen LogP contribution in [0.1, 0.15) is 37.3 Å². The number of carbonyl (C=O) groups is 1. The molecule has 0 spiro atoms. The van der Waals surface area contributed by atoms with Gasteiger partial charge >= 0.3 is 0 Å². The van der Waals surface area contributed by atoms with Crippen molar-refractivity contribution < 1.29 is 14.3 Å². The van der Waals surface area contributed by atoms with Crippen LogP contribution in [0.3, 0.4) is 0 Å². The summed E-state index contributed by atoms with van der Waals surface area (Å²) in [5.74, 6) is -0.248. The Hall–Kier alpha value is -1.42. The minimum absolute atomic E-state index is 0.00239. The quantitative estimate of drug-likeness (QED) is 0.923. The fourth-order valence-corrected chi connectivity index (χ4v) is 2.72. The maximum atomic E-state index is 13.2. The van der Waals surface area contributed by atoms with Crippen LogP contribution in [-0.2, 0) is 11.2 Å². The molecule has 1 aromatic carbocycles. The van der Waals surface area contributed by atoms with Crippen molar-refractivity contribution in [3.63, 3.8) is 0 Å². The van der Waals surface area contributed by atoms with Gasteiger partial charge in [-0.25, -0.2) is 4.39 Å². The highest BCUT2D eigenvalue weighted by atomic mass is 19.1. The summed E-state index contributed by atoms with van der Waals surface area (Å²) in [4.78, 5) is 14.0. The van der Waals surface area contributed by atoms with Gasteiger partial charge in [-0.1, -0.05) is 19.1 Å². The molecule has 0 unspecified atom stereocenters. The van der Waals surface area contributed by atoms with Crippen LogP contribution in [0.15, 0.2) is 18.2 Å². The number of hydrogen-bond donors (Lipinski definition) is 1. The number of rotatable bonds is 3. The molecule has 0 saturated carbocycles. The van der Waals surface area contributed by atoms with Gasteiger partial charge in [0.15, 0.2) is 0 Å². The fraction of sp³-hybridized carbons (Fsp3) is 0.562. The highest BCUT2D eigenvalue weighted by Gasteiger charge is 2.33. The Morgan fingerprint density at radius 3 is 2.90 bits per heavy atom. The summed E-state index contributed by atoms with van der Waals surface area (Å²) < 4.78 is 13.2. The molecule has 1 amide bonds. The molecule has 0 bridgehead atoms. The maximum absolute atomic E-state index is 13.2. The summed E-state index contributed by atoms with van der Waals surface area (Å²) in [5.41, 5.74) is 0.630. The lowest BCUT2D eigenvalue weighted by Gasteiger charge is -2.38. The fourth-order valence-electron chi connectivity index (χ4n) is 2.72. The SMILES string of the molecule is CC[C@@]1(O)CCCN(C(=O)Cc2ccc(F)c(C)c2)C1. The second kappa shape index (κ2) is 5.92. The van der Waals surface area contributed by atoms with E-state index in [0.717, 1.165) is 18.4 Å². The zero-order valence-corrected chi connectivity index (χ0v) is 12.2. The Labute approximate surface area is 119 Å². The monoisotopic (exact) mass is 279 g/mol. The van der Waals surface area contributed by atoms with Gasteiger partial charge in [0.25, 0.3) is 0 Å². The zero-order valence-electron chi connectivity index (χ0n) is 12.2. The van der Waals surface area contributed by atoms with E-state index in [4.69, 9.17) is 0 Å². The van der Waals surface area contributed by atoms with E-state index in [9.17, 15) is 14.3 Å². The van der Waals surface area contributed by atoms with Crippen LogP contribution in [0.25, 0.3) is 0 Å². The molecule has 1 aromatic rings. The third-order valence-corrected chi connectivity index (χ3v) is 4.14. The van der Waals surface area contributed by atoms with Crippen molar-refractivity contribution >= 4 is 5.91 Å². The normalized spacial score (nSPS) is 22.9. The van der Waals surface area contributed by atoms with Gasteiger partial charge < -0.3 is 10.0 Å². The summed E-state index contributed by atoms with van der Waals surface area (Å²) in [6, 6.07) is 4.76. The number of likely N-dealkylation sites (tertiary alicyclic amines) is 1. The maximum Gasteiger partial charge on any atom is 0.227 e. The van der Waals surface area contributed by atoms with Crippen LogP contribution >= 0.6 is 0 Å². The van der Waals surface area contributed by atoms with E-state index in [2.05, 4.69) is 0 Å². The van der Waals surface area contributed by atoms with Gasteiger partial charge in [0.2, 0.25) is 5.91 Å². The first kappa shape index (κ1) is 15.0. The van der Waals surface area contributed by atoms with Crippen LogP contribution < -0.4 is 0 Å². The molecule has 4 heteroatoms. The molecule has 1 saturated heterocycles. The Kier molecular flexibility index (Phi) is 4.43. The highest BCUT2D eigenvalue weighted by molar-refractivity contribution is 5.79. The smallest absolute Gasteiger partial charge is 0.227 e. The third-order valence-electron chi connectivity index (χ3n) is 4.14. The summed E-state index contributed by atoms with van der Waals surface area (Å²) >= 11 is 0. The molecule has 1 atom stereocenters. The summed E-state index contributed by atoms with van der Waals surface area (Å²) in [6.45, 7) is 4.74. The van der Waals surface area contributed by atoms with Crippen molar-refractivity contribution in [2.24, 2.45) is 0 Å². The largest absolute Gasteiger partial charge is 0.388 e. The van der Waals surface area contributed by atoms with Crippen molar-refractivity contribution in [2.75, 3.05) is 13.1 Å². The van der Waals surface area contributed by atoms with E-state index in [0.29, 0.717) is 25.1 Å². The first-order chi connectivity index (χ1) is 9.43. The number of piperidine rings is 1. The average molecular weight is 279 g/mol. The summed E-state index contributed by atoms with van der Waals surface area (Å²) in [6.07, 6.45) is 2.51. The van der Waals surface area contributed by atoms with Gasteiger partial charge in [-0.3, -0.25) is 4.79 Å². The van der Waals surface area contributed by atoms with Crippen molar-refractivity contribution in [2.45, 2.75) is 45.1 Å². The average Bonchev–Trinajstić information content (AvgIpc) is 2.43. The molecular weight excluding hydrogens is 257 g/mol. The highest BCUT2D eigenvalue weighted by Crippen LogP contribution is 2.24. The number of amides is 1. The first-order valence-corrected chi connectivity index (χ1v) is 7.19. The predicted octanol–water partition coefficient (Wildman–Crippen LogP) is 2.44. The Bertz CT molecular complexity index is 503. The van der Waals surface area contributed by atoms with Crippen LogP contribution in [-0.4, -0.2) is 34.6 Å². The van der Waals surface area contributed by atoms with Gasteiger partial charge in [-0.2, -0.15) is 0 Å². The van der Waals surface area contributed by atoms with E-state index in [-0.39, 0.29) is 18.1 Å². The van der Waals surface area contributed by atoms with Crippen LogP contribution in [0.2, 0.25) is 0 Å². The molecule has 0 radical (unpaired) electrons. The molecule has 1 N–H and O–H groups in total. The topological polar surface area (TPSA) is 40.5 Å². The van der Waals surface area contributed by atoms with E-state index < -0.39 is 5.60 Å². The molecule has 110 valence electrons. The van der Waals surface area contributed by atoms with E-state index in [1.165, 1.54) is 6.07 Å². The lowest BCUT2D eigenvalue weighted by molar-refractivity contribution is -0.137. The van der Waals surface area contributed by atoms with Gasteiger partial charge in [0.05, 0.1) is 12.0 Å². The van der Waals surface area contributed by atoms with E-state index in [1.54, 1.807) is 24.0 Å². The number of halogens is 1. The third kappa shape index (κ3) is 3.37. The molecule has 0 aromatic heterocycles. The molecule has 1 aliphatic rings. The van der Waals surface area contributed by atoms with Crippen LogP contribution in [0.4, 0.5) is 4.39 Å². The summed E-state index contributed by atoms with van der Waals surface area (Å²) in [7, 11) is 0. The lowest BCUT2D eigenvalue weighted by Crippen LogP contribution is -2.50. The van der Waals surface area contributed by atoms with Gasteiger partial charge in [0.1, 0.15) is 5.82 Å². The van der Waals surface area contributed by atoms with Gasteiger partial charge in [0, 0.05) is 13.1 Å². The first-order valence-electron chi connectivity index (χ1n) is 7.19. The molecule has 2 rings (SSSR count). The Balaban J connectivity index is 2.02. The Morgan fingerprint density at radius 1 is 1.50 bits per heavy atom. The van der Waals surface area contributed by atoms with E-state index >= 15 is 0 Å². The minimum atomic E-state index is -0.743. The number of carbonyl (C=O) groups excluding carboxylic acids is 1. The molecule has 1 aliphatic heterocycles. The standard InChI is InChI=1S/C16H22FNO2/c1-3-16(20)7-4-8-18(11-16)15(19)10-13-5-6-14(17)12(2)9-13/h5-6,9,20H,3-4,7-8,10-11H2,1-2H3/t16-/m1/s1. The second-order valence-electron chi connectivity index (χ2n) is 5.76. The summed E-state index contributed by atoms with van der Waals surface area (Å²) in [5, 5.41) is 10.3. The molecule has 1 fully saturated rings. The molecule has 20 heavy (non-hydrogen) atoms. The Morgan fingerprint density at radius 2 is 2.25 bits per heavy atom. The second-order valence-corrected chi connectivity index (χ2v) is 5.76. The van der Waals surface area contributed by atoms with Crippen LogP contribution in [0, 0.1) is 12.7 Å². The molecule has 0 aliphatic carbocycles. The number of β-amino-alcohol motifs (C(OH)–C–C–N with tert-alkyl or cyclic N) is 1. The zero-order chi connectivity index (χ0) is 14.8.